The summed E-state index contributed by atoms with van der Waals surface area (Å²) < 4.78 is 15.6. The number of anilines is 1. The molecule has 136 valence electrons. The van der Waals surface area contributed by atoms with E-state index in [9.17, 15) is 4.39 Å². The maximum absolute atomic E-state index is 13.8. The van der Waals surface area contributed by atoms with Crippen molar-refractivity contribution < 1.29 is 4.39 Å². The summed E-state index contributed by atoms with van der Waals surface area (Å²) in [7, 11) is 3.63. The highest BCUT2D eigenvalue weighted by Gasteiger charge is 2.25. The first-order chi connectivity index (χ1) is 11.7. The lowest BCUT2D eigenvalue weighted by atomic mass is 10.3. The second-order valence-electron chi connectivity index (χ2n) is 5.83. The normalized spacial score (nSPS) is 17.3. The Labute approximate surface area is 163 Å². The fraction of sp³-hybridized carbons (Fsp3) is 0.438. The van der Waals surface area contributed by atoms with Gasteiger partial charge in [-0.2, -0.15) is 5.10 Å². The summed E-state index contributed by atoms with van der Waals surface area (Å²) in [6.07, 6.45) is 6.31. The summed E-state index contributed by atoms with van der Waals surface area (Å²) in [6.45, 7) is 2.12. The molecule has 1 unspecified atom stereocenters. The standard InChI is InChI=1S/C16H22FN7.HI/c1-18-16(20-8-12-9-21-23(2)10-12)22-13-5-7-24(11-13)15-14(17)4-3-6-19-15;/h3-4,6,9-10,13H,5,7-8,11H2,1-2H3,(H2,18,20,22);1H. The highest BCUT2D eigenvalue weighted by molar-refractivity contribution is 14.0. The van der Waals surface area contributed by atoms with E-state index >= 15 is 0 Å². The van der Waals surface area contributed by atoms with Crippen LogP contribution in [0.2, 0.25) is 0 Å². The molecular formula is C16H23FIN7. The molecule has 0 radical (unpaired) electrons. The zero-order valence-corrected chi connectivity index (χ0v) is 16.6. The van der Waals surface area contributed by atoms with Gasteiger partial charge in [0, 0.05) is 57.7 Å². The number of halogens is 2. The van der Waals surface area contributed by atoms with E-state index in [0.717, 1.165) is 24.5 Å². The molecule has 1 saturated heterocycles. The maximum Gasteiger partial charge on any atom is 0.191 e. The lowest BCUT2D eigenvalue weighted by Gasteiger charge is -2.19. The lowest BCUT2D eigenvalue weighted by molar-refractivity contribution is 0.612. The minimum Gasteiger partial charge on any atom is -0.352 e. The first-order valence-electron chi connectivity index (χ1n) is 7.96. The molecule has 2 aromatic rings. The van der Waals surface area contributed by atoms with E-state index in [4.69, 9.17) is 0 Å². The van der Waals surface area contributed by atoms with Gasteiger partial charge in [0.1, 0.15) is 0 Å². The van der Waals surface area contributed by atoms with E-state index in [1.54, 1.807) is 24.0 Å². The van der Waals surface area contributed by atoms with E-state index in [0.29, 0.717) is 18.9 Å². The number of pyridine rings is 1. The average molecular weight is 459 g/mol. The van der Waals surface area contributed by atoms with Gasteiger partial charge in [-0.05, 0) is 18.6 Å². The Bertz CT molecular complexity index is 718. The molecule has 0 spiro atoms. The second kappa shape index (κ2) is 8.97. The predicted octanol–water partition coefficient (Wildman–Crippen LogP) is 1.52. The van der Waals surface area contributed by atoms with Crippen molar-refractivity contribution >= 4 is 35.8 Å². The maximum atomic E-state index is 13.8. The van der Waals surface area contributed by atoms with E-state index in [1.807, 2.05) is 24.3 Å². The van der Waals surface area contributed by atoms with E-state index in [2.05, 4.69) is 25.7 Å². The smallest absolute Gasteiger partial charge is 0.191 e. The molecule has 9 heteroatoms. The molecule has 0 aromatic carbocycles. The first kappa shape index (κ1) is 19.4. The molecule has 0 amide bonds. The minimum atomic E-state index is -0.280. The first-order valence-corrected chi connectivity index (χ1v) is 7.96. The number of aliphatic imine (C=N–C) groups is 1. The van der Waals surface area contributed by atoms with E-state index in [-0.39, 0.29) is 35.8 Å². The van der Waals surface area contributed by atoms with Crippen LogP contribution >= 0.6 is 24.0 Å². The molecule has 7 nitrogen and oxygen atoms in total. The van der Waals surface area contributed by atoms with Gasteiger partial charge in [-0.15, -0.1) is 24.0 Å². The number of hydrogen-bond acceptors (Lipinski definition) is 4. The summed E-state index contributed by atoms with van der Waals surface area (Å²) in [5.74, 6) is 0.865. The molecule has 0 saturated carbocycles. The Morgan fingerprint density at radius 1 is 1.48 bits per heavy atom. The molecule has 3 heterocycles. The van der Waals surface area contributed by atoms with Crippen LogP contribution in [-0.2, 0) is 13.6 Å². The van der Waals surface area contributed by atoms with Crippen LogP contribution in [-0.4, -0.2) is 46.9 Å². The molecular weight excluding hydrogens is 436 g/mol. The third kappa shape index (κ3) is 5.03. The van der Waals surface area contributed by atoms with Gasteiger partial charge < -0.3 is 15.5 Å². The van der Waals surface area contributed by atoms with Gasteiger partial charge >= 0.3 is 0 Å². The summed E-state index contributed by atoms with van der Waals surface area (Å²) in [5.41, 5.74) is 1.09. The Hall–Kier alpha value is -1.91. The van der Waals surface area contributed by atoms with Crippen molar-refractivity contribution in [1.29, 1.82) is 0 Å². The van der Waals surface area contributed by atoms with Crippen LogP contribution < -0.4 is 15.5 Å². The molecule has 1 aliphatic rings. The van der Waals surface area contributed by atoms with Crippen LogP contribution in [0.4, 0.5) is 10.2 Å². The molecule has 1 aliphatic heterocycles. The summed E-state index contributed by atoms with van der Waals surface area (Å²) in [4.78, 5) is 10.3. The molecule has 1 atom stereocenters. The number of aromatic nitrogens is 3. The minimum absolute atomic E-state index is 0. The van der Waals surface area contributed by atoms with Gasteiger partial charge in [0.05, 0.1) is 6.20 Å². The van der Waals surface area contributed by atoms with Crippen molar-refractivity contribution in [2.45, 2.75) is 19.0 Å². The van der Waals surface area contributed by atoms with Crippen LogP contribution in [0.1, 0.15) is 12.0 Å². The number of nitrogens with zero attached hydrogens (tertiary/aromatic N) is 5. The fourth-order valence-electron chi connectivity index (χ4n) is 2.82. The lowest BCUT2D eigenvalue weighted by Crippen LogP contribution is -2.44. The fourth-order valence-corrected chi connectivity index (χ4v) is 2.82. The number of guanidine groups is 1. The van der Waals surface area contributed by atoms with Gasteiger partial charge in [0.25, 0.3) is 0 Å². The SMILES string of the molecule is CN=C(NCc1cnn(C)c1)NC1CCN(c2ncccc2F)C1.I. The third-order valence-corrected chi connectivity index (χ3v) is 4.01. The Morgan fingerprint density at radius 2 is 2.32 bits per heavy atom. The van der Waals surface area contributed by atoms with Crippen LogP contribution in [0.3, 0.4) is 0 Å². The molecule has 0 aliphatic carbocycles. The number of rotatable bonds is 4. The second-order valence-corrected chi connectivity index (χ2v) is 5.83. The molecule has 2 N–H and O–H groups in total. The highest BCUT2D eigenvalue weighted by atomic mass is 127. The van der Waals surface area contributed by atoms with Crippen LogP contribution in [0, 0.1) is 5.82 Å². The average Bonchev–Trinajstić information content (AvgIpc) is 3.21. The van der Waals surface area contributed by atoms with Gasteiger partial charge in [-0.3, -0.25) is 9.67 Å². The highest BCUT2D eigenvalue weighted by Crippen LogP contribution is 2.20. The Kier molecular flexibility index (Phi) is 6.97. The monoisotopic (exact) mass is 459 g/mol. The molecule has 0 bridgehead atoms. The topological polar surface area (TPSA) is 70.4 Å². The van der Waals surface area contributed by atoms with Crippen molar-refractivity contribution in [2.24, 2.45) is 12.0 Å². The number of nitrogens with one attached hydrogen (secondary N) is 2. The van der Waals surface area contributed by atoms with Crippen LogP contribution in [0.25, 0.3) is 0 Å². The van der Waals surface area contributed by atoms with Gasteiger partial charge in [0.15, 0.2) is 17.6 Å². The zero-order chi connectivity index (χ0) is 16.9. The van der Waals surface area contributed by atoms with Crippen molar-refractivity contribution in [3.8, 4) is 0 Å². The van der Waals surface area contributed by atoms with Crippen LogP contribution in [0.15, 0.2) is 35.7 Å². The number of hydrogen-bond donors (Lipinski definition) is 2. The molecule has 2 aromatic heterocycles. The van der Waals surface area contributed by atoms with E-state index < -0.39 is 0 Å². The van der Waals surface area contributed by atoms with Crippen molar-refractivity contribution in [2.75, 3.05) is 25.0 Å². The van der Waals surface area contributed by atoms with Gasteiger partial charge in [0.2, 0.25) is 0 Å². The summed E-state index contributed by atoms with van der Waals surface area (Å²) in [5, 5.41) is 10.8. The van der Waals surface area contributed by atoms with Gasteiger partial charge in [-0.1, -0.05) is 0 Å². The van der Waals surface area contributed by atoms with Crippen molar-refractivity contribution in [1.82, 2.24) is 25.4 Å². The Morgan fingerprint density at radius 3 is 3.00 bits per heavy atom. The molecule has 3 rings (SSSR count). The summed E-state index contributed by atoms with van der Waals surface area (Å²) >= 11 is 0. The predicted molar refractivity (Wildman–Crippen MR) is 107 cm³/mol. The molecule has 1 fully saturated rings. The third-order valence-electron chi connectivity index (χ3n) is 4.01. The van der Waals surface area contributed by atoms with Crippen molar-refractivity contribution in [3.05, 3.63) is 42.1 Å². The summed E-state index contributed by atoms with van der Waals surface area (Å²) in [6, 6.07) is 3.25. The van der Waals surface area contributed by atoms with E-state index in [1.165, 1.54) is 6.07 Å². The largest absolute Gasteiger partial charge is 0.352 e. The molecule has 25 heavy (non-hydrogen) atoms. The quantitative estimate of drug-likeness (QED) is 0.412. The van der Waals surface area contributed by atoms with Crippen molar-refractivity contribution in [3.63, 3.8) is 0 Å². The zero-order valence-electron chi connectivity index (χ0n) is 14.3. The number of aryl methyl sites for hydroxylation is 1. The Balaban J connectivity index is 0.00000225. The van der Waals surface area contributed by atoms with Gasteiger partial charge in [-0.25, -0.2) is 9.37 Å². The van der Waals surface area contributed by atoms with Crippen LogP contribution in [0.5, 0.6) is 0 Å².